The van der Waals surface area contributed by atoms with Gasteiger partial charge in [0.1, 0.15) is 5.75 Å². The Bertz CT molecular complexity index is 851. The molecule has 0 saturated heterocycles. The van der Waals surface area contributed by atoms with E-state index in [1.54, 1.807) is 0 Å². The third kappa shape index (κ3) is 3.58. The van der Waals surface area contributed by atoms with Crippen molar-refractivity contribution in [3.8, 4) is 5.75 Å². The van der Waals surface area contributed by atoms with Crippen LogP contribution in [0.1, 0.15) is 51.1 Å². The fraction of sp³-hybridized carbons (Fsp3) is 0.400. The number of benzene rings is 1. The number of ether oxygens (including phenoxy) is 1. The molecule has 126 valence electrons. The monoisotopic (exact) mass is 324 g/mol. The van der Waals surface area contributed by atoms with Crippen LogP contribution in [-0.2, 0) is 4.79 Å². The standard InChI is InChI=1S/C20H24N2O2/c1-3-4-5-6-7-8-19(23)24-15-9-10-16-17-11-12-21-14(2)20(17)22-18(16)13-15/h9-13,22H,3-8H2,1-2H3. The zero-order valence-corrected chi connectivity index (χ0v) is 14.4. The van der Waals surface area contributed by atoms with Gasteiger partial charge in [-0.1, -0.05) is 32.6 Å². The quantitative estimate of drug-likeness (QED) is 0.365. The van der Waals surface area contributed by atoms with Gasteiger partial charge < -0.3 is 9.72 Å². The molecule has 0 saturated carbocycles. The van der Waals surface area contributed by atoms with E-state index < -0.39 is 0 Å². The van der Waals surface area contributed by atoms with Crippen LogP contribution in [0.3, 0.4) is 0 Å². The minimum Gasteiger partial charge on any atom is -0.426 e. The van der Waals surface area contributed by atoms with E-state index in [-0.39, 0.29) is 5.97 Å². The van der Waals surface area contributed by atoms with Crippen molar-refractivity contribution in [2.45, 2.75) is 52.4 Å². The molecule has 0 atom stereocenters. The third-order valence-electron chi connectivity index (χ3n) is 4.40. The molecule has 4 heteroatoms. The summed E-state index contributed by atoms with van der Waals surface area (Å²) < 4.78 is 5.48. The molecule has 0 aliphatic carbocycles. The van der Waals surface area contributed by atoms with E-state index in [1.165, 1.54) is 19.3 Å². The van der Waals surface area contributed by atoms with Gasteiger partial charge in [-0.2, -0.15) is 0 Å². The van der Waals surface area contributed by atoms with Crippen molar-refractivity contribution in [2.75, 3.05) is 0 Å². The highest BCUT2D eigenvalue weighted by Crippen LogP contribution is 2.29. The fourth-order valence-corrected chi connectivity index (χ4v) is 3.06. The van der Waals surface area contributed by atoms with Gasteiger partial charge in [0.25, 0.3) is 0 Å². The van der Waals surface area contributed by atoms with Gasteiger partial charge in [0.15, 0.2) is 0 Å². The van der Waals surface area contributed by atoms with Crippen molar-refractivity contribution in [3.05, 3.63) is 36.2 Å². The molecule has 2 aromatic heterocycles. The Hall–Kier alpha value is -2.36. The van der Waals surface area contributed by atoms with E-state index in [0.29, 0.717) is 12.2 Å². The largest absolute Gasteiger partial charge is 0.426 e. The molecular formula is C20H24N2O2. The molecule has 3 rings (SSSR count). The zero-order chi connectivity index (χ0) is 16.9. The second kappa shape index (κ2) is 7.47. The van der Waals surface area contributed by atoms with Crippen LogP contribution in [0.5, 0.6) is 5.75 Å². The number of esters is 1. The molecule has 0 spiro atoms. The Morgan fingerprint density at radius 1 is 1.12 bits per heavy atom. The Morgan fingerprint density at radius 3 is 2.79 bits per heavy atom. The molecule has 0 amide bonds. The SMILES string of the molecule is CCCCCCCC(=O)Oc1ccc2c(c1)[nH]c1c(C)nccc12. The number of nitrogens with one attached hydrogen (secondary N) is 1. The van der Waals surface area contributed by atoms with E-state index in [0.717, 1.165) is 40.3 Å². The summed E-state index contributed by atoms with van der Waals surface area (Å²) in [5.41, 5.74) is 2.97. The number of unbranched alkanes of at least 4 members (excludes halogenated alkanes) is 4. The molecule has 24 heavy (non-hydrogen) atoms. The number of fused-ring (bicyclic) bond motifs is 3. The Morgan fingerprint density at radius 2 is 1.96 bits per heavy atom. The number of nitrogens with zero attached hydrogens (tertiary/aromatic N) is 1. The van der Waals surface area contributed by atoms with Gasteiger partial charge in [0.2, 0.25) is 0 Å². The summed E-state index contributed by atoms with van der Waals surface area (Å²) in [4.78, 5) is 19.6. The molecule has 0 aliphatic heterocycles. The first kappa shape index (κ1) is 16.5. The van der Waals surface area contributed by atoms with Crippen molar-refractivity contribution in [3.63, 3.8) is 0 Å². The summed E-state index contributed by atoms with van der Waals surface area (Å²) in [5, 5.41) is 2.26. The highest BCUT2D eigenvalue weighted by Gasteiger charge is 2.10. The van der Waals surface area contributed by atoms with Crippen LogP contribution in [0, 0.1) is 6.92 Å². The van der Waals surface area contributed by atoms with Crippen LogP contribution in [0.15, 0.2) is 30.5 Å². The molecule has 0 bridgehead atoms. The molecule has 0 fully saturated rings. The number of H-pyrrole nitrogens is 1. The van der Waals surface area contributed by atoms with Crippen LogP contribution >= 0.6 is 0 Å². The first-order valence-electron chi connectivity index (χ1n) is 8.76. The van der Waals surface area contributed by atoms with Crippen LogP contribution in [-0.4, -0.2) is 15.9 Å². The molecule has 1 aromatic carbocycles. The lowest BCUT2D eigenvalue weighted by Gasteiger charge is -2.04. The van der Waals surface area contributed by atoms with Crippen molar-refractivity contribution in [1.29, 1.82) is 0 Å². The number of carbonyl (C=O) groups is 1. The zero-order valence-electron chi connectivity index (χ0n) is 14.4. The number of rotatable bonds is 7. The maximum atomic E-state index is 12.0. The number of aryl methyl sites for hydroxylation is 1. The van der Waals surface area contributed by atoms with Gasteiger partial charge in [-0.15, -0.1) is 0 Å². The summed E-state index contributed by atoms with van der Waals surface area (Å²) in [6.07, 6.45) is 7.94. The number of hydrogen-bond acceptors (Lipinski definition) is 3. The molecule has 3 aromatic rings. The Kier molecular flexibility index (Phi) is 5.14. The number of pyridine rings is 1. The second-order valence-electron chi connectivity index (χ2n) is 6.29. The molecule has 0 radical (unpaired) electrons. The van der Waals surface area contributed by atoms with Crippen LogP contribution in [0.2, 0.25) is 0 Å². The van der Waals surface area contributed by atoms with Crippen LogP contribution < -0.4 is 4.74 Å². The number of aromatic nitrogens is 2. The number of aromatic amines is 1. The highest BCUT2D eigenvalue weighted by atomic mass is 16.5. The average Bonchev–Trinajstić information content (AvgIpc) is 2.94. The number of carbonyl (C=O) groups excluding carboxylic acids is 1. The molecular weight excluding hydrogens is 300 g/mol. The minimum atomic E-state index is -0.153. The van der Waals surface area contributed by atoms with E-state index in [4.69, 9.17) is 4.74 Å². The van der Waals surface area contributed by atoms with Crippen molar-refractivity contribution < 1.29 is 9.53 Å². The summed E-state index contributed by atoms with van der Waals surface area (Å²) >= 11 is 0. The van der Waals surface area contributed by atoms with Crippen molar-refractivity contribution >= 4 is 27.8 Å². The van der Waals surface area contributed by atoms with Crippen molar-refractivity contribution in [2.24, 2.45) is 0 Å². The van der Waals surface area contributed by atoms with Gasteiger partial charge in [0, 0.05) is 29.5 Å². The van der Waals surface area contributed by atoms with E-state index in [2.05, 4.69) is 16.9 Å². The van der Waals surface area contributed by atoms with Crippen LogP contribution in [0.25, 0.3) is 21.8 Å². The lowest BCUT2D eigenvalue weighted by atomic mass is 10.1. The lowest BCUT2D eigenvalue weighted by Crippen LogP contribution is -2.07. The van der Waals surface area contributed by atoms with Crippen molar-refractivity contribution in [1.82, 2.24) is 9.97 Å². The van der Waals surface area contributed by atoms with Crippen LogP contribution in [0.4, 0.5) is 0 Å². The predicted octanol–water partition coefficient (Wildman–Crippen LogP) is 5.29. The van der Waals surface area contributed by atoms with Gasteiger partial charge in [-0.05, 0) is 31.5 Å². The fourth-order valence-electron chi connectivity index (χ4n) is 3.06. The summed E-state index contributed by atoms with van der Waals surface area (Å²) in [5.74, 6) is 0.443. The first-order valence-corrected chi connectivity index (χ1v) is 8.76. The van der Waals surface area contributed by atoms with E-state index in [1.807, 2.05) is 37.4 Å². The smallest absolute Gasteiger partial charge is 0.311 e. The van der Waals surface area contributed by atoms with Gasteiger partial charge in [-0.3, -0.25) is 9.78 Å². The molecule has 2 heterocycles. The van der Waals surface area contributed by atoms with E-state index in [9.17, 15) is 4.79 Å². The summed E-state index contributed by atoms with van der Waals surface area (Å²) in [6, 6.07) is 7.75. The topological polar surface area (TPSA) is 55.0 Å². The second-order valence-corrected chi connectivity index (χ2v) is 6.29. The average molecular weight is 324 g/mol. The van der Waals surface area contributed by atoms with E-state index >= 15 is 0 Å². The maximum Gasteiger partial charge on any atom is 0.311 e. The summed E-state index contributed by atoms with van der Waals surface area (Å²) in [7, 11) is 0. The predicted molar refractivity (Wildman–Crippen MR) is 97.3 cm³/mol. The first-order chi connectivity index (χ1) is 11.7. The minimum absolute atomic E-state index is 0.153. The Balaban J connectivity index is 1.68. The lowest BCUT2D eigenvalue weighted by molar-refractivity contribution is -0.134. The van der Waals surface area contributed by atoms with Gasteiger partial charge in [-0.25, -0.2) is 0 Å². The molecule has 0 aliphatic rings. The highest BCUT2D eigenvalue weighted by molar-refractivity contribution is 6.08. The normalized spacial score (nSPS) is 11.2. The molecule has 1 N–H and O–H groups in total. The molecule has 0 unspecified atom stereocenters. The maximum absolute atomic E-state index is 12.0. The molecule has 4 nitrogen and oxygen atoms in total. The number of hydrogen-bond donors (Lipinski definition) is 1. The van der Waals surface area contributed by atoms with Gasteiger partial charge in [0.05, 0.1) is 16.7 Å². The summed E-state index contributed by atoms with van der Waals surface area (Å²) in [6.45, 7) is 4.17. The van der Waals surface area contributed by atoms with Gasteiger partial charge >= 0.3 is 5.97 Å². The third-order valence-corrected chi connectivity index (χ3v) is 4.40. The Labute approximate surface area is 142 Å².